The van der Waals surface area contributed by atoms with E-state index in [9.17, 15) is 0 Å². The molecule has 1 aliphatic carbocycles. The van der Waals surface area contributed by atoms with Crippen LogP contribution in [0.2, 0.25) is 0 Å². The molecule has 0 aliphatic heterocycles. The molecular formula is C20H33N. The van der Waals surface area contributed by atoms with Crippen molar-refractivity contribution >= 4 is 0 Å². The van der Waals surface area contributed by atoms with Gasteiger partial charge in [0.1, 0.15) is 0 Å². The van der Waals surface area contributed by atoms with Gasteiger partial charge in [-0.25, -0.2) is 0 Å². The highest BCUT2D eigenvalue weighted by molar-refractivity contribution is 5.23. The van der Waals surface area contributed by atoms with Crippen LogP contribution in [0.15, 0.2) is 30.3 Å². The second kappa shape index (κ2) is 6.96. The van der Waals surface area contributed by atoms with Crippen molar-refractivity contribution in [3.8, 4) is 0 Å². The summed E-state index contributed by atoms with van der Waals surface area (Å²) >= 11 is 0. The van der Waals surface area contributed by atoms with E-state index >= 15 is 0 Å². The van der Waals surface area contributed by atoms with E-state index in [2.05, 4.69) is 70.3 Å². The predicted molar refractivity (Wildman–Crippen MR) is 92.6 cm³/mol. The maximum Gasteiger partial charge on any atom is 0.0101 e. The summed E-state index contributed by atoms with van der Waals surface area (Å²) in [6, 6.07) is 11.6. The third-order valence-electron chi connectivity index (χ3n) is 5.38. The van der Waals surface area contributed by atoms with E-state index in [1.165, 1.54) is 24.8 Å². The van der Waals surface area contributed by atoms with Crippen molar-refractivity contribution in [3.63, 3.8) is 0 Å². The fraction of sp³-hybridized carbons (Fsp3) is 0.700. The van der Waals surface area contributed by atoms with E-state index in [0.717, 1.165) is 24.3 Å². The van der Waals surface area contributed by atoms with E-state index in [0.29, 0.717) is 6.04 Å². The third-order valence-corrected chi connectivity index (χ3v) is 5.38. The molecule has 1 fully saturated rings. The van der Waals surface area contributed by atoms with Crippen molar-refractivity contribution < 1.29 is 0 Å². The highest BCUT2D eigenvalue weighted by atomic mass is 14.9. The highest BCUT2D eigenvalue weighted by Gasteiger charge is 2.31. The van der Waals surface area contributed by atoms with Gasteiger partial charge in [-0.3, -0.25) is 0 Å². The van der Waals surface area contributed by atoms with Gasteiger partial charge in [0.15, 0.2) is 0 Å². The Balaban J connectivity index is 1.99. The molecule has 0 aromatic heterocycles. The molecule has 0 saturated heterocycles. The second-order valence-electron chi connectivity index (χ2n) is 8.06. The van der Waals surface area contributed by atoms with Gasteiger partial charge in [0.25, 0.3) is 0 Å². The lowest BCUT2D eigenvalue weighted by atomic mass is 9.73. The summed E-state index contributed by atoms with van der Waals surface area (Å²) in [6.45, 7) is 13.0. The Morgan fingerprint density at radius 3 is 2.43 bits per heavy atom. The maximum atomic E-state index is 3.92. The lowest BCUT2D eigenvalue weighted by Crippen LogP contribution is -2.47. The molecule has 1 aliphatic rings. The number of hydrogen-bond acceptors (Lipinski definition) is 1. The summed E-state index contributed by atoms with van der Waals surface area (Å²) in [5.41, 5.74) is 1.63. The second-order valence-corrected chi connectivity index (χ2v) is 8.06. The SMILES string of the molecule is CC1CCC(C(C)C)C(NCC(C)(C)c2ccccc2)C1. The van der Waals surface area contributed by atoms with E-state index in [1.54, 1.807) is 0 Å². The molecule has 3 atom stereocenters. The Morgan fingerprint density at radius 1 is 1.14 bits per heavy atom. The van der Waals surface area contributed by atoms with Gasteiger partial charge in [-0.15, -0.1) is 0 Å². The van der Waals surface area contributed by atoms with Crippen LogP contribution in [0.5, 0.6) is 0 Å². The summed E-state index contributed by atoms with van der Waals surface area (Å²) < 4.78 is 0. The first kappa shape index (κ1) is 16.5. The van der Waals surface area contributed by atoms with Crippen molar-refractivity contribution in [2.45, 2.75) is 65.3 Å². The Labute approximate surface area is 131 Å². The zero-order valence-electron chi connectivity index (χ0n) is 14.5. The molecule has 1 heteroatoms. The van der Waals surface area contributed by atoms with Crippen LogP contribution in [-0.2, 0) is 5.41 Å². The molecule has 3 unspecified atom stereocenters. The zero-order chi connectivity index (χ0) is 15.5. The monoisotopic (exact) mass is 287 g/mol. The topological polar surface area (TPSA) is 12.0 Å². The lowest BCUT2D eigenvalue weighted by molar-refractivity contribution is 0.164. The maximum absolute atomic E-state index is 3.92. The minimum absolute atomic E-state index is 0.198. The molecule has 1 aromatic rings. The largest absolute Gasteiger partial charge is 0.313 e. The molecule has 1 nitrogen and oxygen atoms in total. The standard InChI is InChI=1S/C20H33N/c1-15(2)18-12-11-16(3)13-19(18)21-14-20(4,5)17-9-7-6-8-10-17/h6-10,15-16,18-19,21H,11-14H2,1-5H3. The molecule has 0 amide bonds. The molecule has 21 heavy (non-hydrogen) atoms. The van der Waals surface area contributed by atoms with E-state index in [-0.39, 0.29) is 5.41 Å². The molecule has 1 aromatic carbocycles. The van der Waals surface area contributed by atoms with Gasteiger partial charge in [0.05, 0.1) is 0 Å². The minimum atomic E-state index is 0.198. The first-order chi connectivity index (χ1) is 9.90. The summed E-state index contributed by atoms with van der Waals surface area (Å²) in [6.07, 6.45) is 4.14. The van der Waals surface area contributed by atoms with Gasteiger partial charge < -0.3 is 5.32 Å². The molecule has 0 radical (unpaired) electrons. The molecule has 1 saturated carbocycles. The van der Waals surface area contributed by atoms with Gasteiger partial charge in [-0.1, -0.05) is 71.4 Å². The fourth-order valence-corrected chi connectivity index (χ4v) is 3.81. The van der Waals surface area contributed by atoms with Crippen LogP contribution in [0, 0.1) is 17.8 Å². The quantitative estimate of drug-likeness (QED) is 0.802. The highest BCUT2D eigenvalue weighted by Crippen LogP contribution is 2.34. The molecule has 0 heterocycles. The molecule has 0 bridgehead atoms. The van der Waals surface area contributed by atoms with Gasteiger partial charge in [0.2, 0.25) is 0 Å². The van der Waals surface area contributed by atoms with Crippen molar-refractivity contribution in [2.75, 3.05) is 6.54 Å². The molecule has 1 N–H and O–H groups in total. The van der Waals surface area contributed by atoms with Crippen molar-refractivity contribution in [1.29, 1.82) is 0 Å². The first-order valence-corrected chi connectivity index (χ1v) is 8.69. The average molecular weight is 287 g/mol. The summed E-state index contributed by atoms with van der Waals surface area (Å²) in [4.78, 5) is 0. The van der Waals surface area contributed by atoms with Crippen molar-refractivity contribution in [2.24, 2.45) is 17.8 Å². The molecule has 118 valence electrons. The van der Waals surface area contributed by atoms with E-state index in [4.69, 9.17) is 0 Å². The zero-order valence-corrected chi connectivity index (χ0v) is 14.5. The third kappa shape index (κ3) is 4.32. The predicted octanol–water partition coefficient (Wildman–Crippen LogP) is 5.01. The summed E-state index contributed by atoms with van der Waals surface area (Å²) in [7, 11) is 0. The smallest absolute Gasteiger partial charge is 0.0101 e. The van der Waals surface area contributed by atoms with Crippen LogP contribution in [0.25, 0.3) is 0 Å². The van der Waals surface area contributed by atoms with Gasteiger partial charge in [-0.05, 0) is 36.2 Å². The van der Waals surface area contributed by atoms with Crippen molar-refractivity contribution in [3.05, 3.63) is 35.9 Å². The average Bonchev–Trinajstić information content (AvgIpc) is 2.46. The summed E-state index contributed by atoms with van der Waals surface area (Å²) in [5, 5.41) is 3.92. The van der Waals surface area contributed by atoms with Crippen LogP contribution >= 0.6 is 0 Å². The van der Waals surface area contributed by atoms with Gasteiger partial charge in [0, 0.05) is 18.0 Å². The van der Waals surface area contributed by atoms with Crippen LogP contribution in [-0.4, -0.2) is 12.6 Å². The fourth-order valence-electron chi connectivity index (χ4n) is 3.81. The Bertz CT molecular complexity index is 421. The molecule has 2 rings (SSSR count). The van der Waals surface area contributed by atoms with Crippen LogP contribution in [0.3, 0.4) is 0 Å². The van der Waals surface area contributed by atoms with Gasteiger partial charge >= 0.3 is 0 Å². The number of rotatable bonds is 5. The van der Waals surface area contributed by atoms with Crippen molar-refractivity contribution in [1.82, 2.24) is 5.32 Å². The lowest BCUT2D eigenvalue weighted by Gasteiger charge is -2.40. The minimum Gasteiger partial charge on any atom is -0.313 e. The number of benzene rings is 1. The van der Waals surface area contributed by atoms with Crippen LogP contribution in [0.4, 0.5) is 0 Å². The Kier molecular flexibility index (Phi) is 5.48. The Morgan fingerprint density at radius 2 is 1.81 bits per heavy atom. The molecule has 0 spiro atoms. The first-order valence-electron chi connectivity index (χ1n) is 8.69. The van der Waals surface area contributed by atoms with Crippen LogP contribution in [0.1, 0.15) is 59.4 Å². The van der Waals surface area contributed by atoms with E-state index in [1.807, 2.05) is 0 Å². The molecular weight excluding hydrogens is 254 g/mol. The number of nitrogens with one attached hydrogen (secondary N) is 1. The summed E-state index contributed by atoms with van der Waals surface area (Å²) in [5.74, 6) is 2.50. The number of hydrogen-bond donors (Lipinski definition) is 1. The normalized spacial score (nSPS) is 27.0. The van der Waals surface area contributed by atoms with E-state index < -0.39 is 0 Å². The van der Waals surface area contributed by atoms with Crippen LogP contribution < -0.4 is 5.32 Å². The Hall–Kier alpha value is -0.820. The van der Waals surface area contributed by atoms with Gasteiger partial charge in [-0.2, -0.15) is 0 Å².